The molecule has 0 N–H and O–H groups in total. The highest BCUT2D eigenvalue weighted by Crippen LogP contribution is 2.56. The van der Waals surface area contributed by atoms with E-state index in [-0.39, 0.29) is 29.0 Å². The Balaban J connectivity index is 1.54. The predicted molar refractivity (Wildman–Crippen MR) is 109 cm³/mol. The molecular weight excluding hydrogens is 367 g/mol. The van der Waals surface area contributed by atoms with Gasteiger partial charge in [-0.25, -0.2) is 9.07 Å². The SMILES string of the molecule is COC(=O)[C@@H]1CCC=C2[C@@H]1CCC1=Cc3c(cnn3-c3ccc(F)cc3)C[C@@]12C. The van der Waals surface area contributed by atoms with Gasteiger partial charge in [0.05, 0.1) is 30.6 Å². The molecule has 3 atom stereocenters. The number of allylic oxidation sites excluding steroid dienone is 3. The van der Waals surface area contributed by atoms with Crippen LogP contribution in [0.3, 0.4) is 0 Å². The number of halogens is 1. The lowest BCUT2D eigenvalue weighted by Crippen LogP contribution is -2.41. The van der Waals surface area contributed by atoms with Crippen LogP contribution in [0.25, 0.3) is 11.8 Å². The van der Waals surface area contributed by atoms with Crippen LogP contribution in [0, 0.1) is 23.1 Å². The Bertz CT molecular complexity index is 1030. The molecule has 5 heteroatoms. The van der Waals surface area contributed by atoms with Crippen molar-refractivity contribution in [3.8, 4) is 5.69 Å². The number of rotatable bonds is 2. The summed E-state index contributed by atoms with van der Waals surface area (Å²) < 4.78 is 20.3. The molecule has 5 rings (SSSR count). The Hall–Kier alpha value is -2.69. The van der Waals surface area contributed by atoms with E-state index in [1.54, 1.807) is 12.1 Å². The summed E-state index contributed by atoms with van der Waals surface area (Å²) in [5.74, 6) is -0.0746. The predicted octanol–water partition coefficient (Wildman–Crippen LogP) is 4.88. The molecule has 2 aromatic rings. The first kappa shape index (κ1) is 18.3. The van der Waals surface area contributed by atoms with E-state index >= 15 is 0 Å². The van der Waals surface area contributed by atoms with Crippen LogP contribution >= 0.6 is 0 Å². The van der Waals surface area contributed by atoms with E-state index in [1.807, 2.05) is 10.9 Å². The average molecular weight is 392 g/mol. The molecule has 3 aliphatic rings. The number of hydrogen-bond donors (Lipinski definition) is 0. The second kappa shape index (κ2) is 6.68. The summed E-state index contributed by atoms with van der Waals surface area (Å²) in [5, 5.41) is 4.60. The molecule has 0 aliphatic heterocycles. The molecule has 1 heterocycles. The number of ether oxygens (including phenoxy) is 1. The first-order valence-electron chi connectivity index (χ1n) is 10.3. The molecule has 0 unspecified atom stereocenters. The largest absolute Gasteiger partial charge is 0.469 e. The first-order chi connectivity index (χ1) is 14.0. The summed E-state index contributed by atoms with van der Waals surface area (Å²) in [6.07, 6.45) is 11.2. The fourth-order valence-electron chi connectivity index (χ4n) is 5.65. The summed E-state index contributed by atoms with van der Waals surface area (Å²) in [6.45, 7) is 2.31. The van der Waals surface area contributed by atoms with Gasteiger partial charge in [-0.1, -0.05) is 24.1 Å². The normalized spacial score (nSPS) is 27.8. The van der Waals surface area contributed by atoms with Crippen LogP contribution < -0.4 is 0 Å². The summed E-state index contributed by atoms with van der Waals surface area (Å²) in [6, 6.07) is 6.45. The summed E-state index contributed by atoms with van der Waals surface area (Å²) in [5.41, 5.74) is 5.88. The zero-order chi connectivity index (χ0) is 20.2. The second-order valence-electron chi connectivity index (χ2n) is 8.63. The second-order valence-corrected chi connectivity index (χ2v) is 8.63. The van der Waals surface area contributed by atoms with Gasteiger partial charge >= 0.3 is 5.97 Å². The number of carbonyl (C=O) groups excluding carboxylic acids is 1. The van der Waals surface area contributed by atoms with Crippen molar-refractivity contribution < 1.29 is 13.9 Å². The van der Waals surface area contributed by atoms with Crippen molar-refractivity contribution in [2.75, 3.05) is 7.11 Å². The van der Waals surface area contributed by atoms with Gasteiger partial charge in [-0.2, -0.15) is 5.10 Å². The number of nitrogens with zero attached hydrogens (tertiary/aromatic N) is 2. The van der Waals surface area contributed by atoms with Crippen molar-refractivity contribution in [2.24, 2.45) is 17.3 Å². The molecule has 1 saturated carbocycles. The molecule has 3 aliphatic carbocycles. The molecule has 0 bridgehead atoms. The molecule has 29 heavy (non-hydrogen) atoms. The van der Waals surface area contributed by atoms with Crippen molar-refractivity contribution in [1.29, 1.82) is 0 Å². The van der Waals surface area contributed by atoms with E-state index in [9.17, 15) is 9.18 Å². The van der Waals surface area contributed by atoms with Gasteiger partial charge in [0.2, 0.25) is 0 Å². The van der Waals surface area contributed by atoms with Crippen LogP contribution in [0.15, 0.2) is 47.7 Å². The lowest BCUT2D eigenvalue weighted by Gasteiger charge is -2.48. The maximum Gasteiger partial charge on any atom is 0.309 e. The summed E-state index contributed by atoms with van der Waals surface area (Å²) >= 11 is 0. The number of aromatic nitrogens is 2. The number of carbonyl (C=O) groups is 1. The topological polar surface area (TPSA) is 44.1 Å². The summed E-state index contributed by atoms with van der Waals surface area (Å²) in [7, 11) is 1.49. The lowest BCUT2D eigenvalue weighted by atomic mass is 9.55. The molecule has 4 nitrogen and oxygen atoms in total. The zero-order valence-corrected chi connectivity index (χ0v) is 16.8. The van der Waals surface area contributed by atoms with E-state index in [4.69, 9.17) is 4.74 Å². The van der Waals surface area contributed by atoms with E-state index in [1.165, 1.54) is 36.0 Å². The summed E-state index contributed by atoms with van der Waals surface area (Å²) in [4.78, 5) is 12.4. The molecular formula is C24H25FN2O2. The van der Waals surface area contributed by atoms with Gasteiger partial charge in [0, 0.05) is 5.41 Å². The fraction of sp³-hybridized carbons (Fsp3) is 0.417. The fourth-order valence-corrected chi connectivity index (χ4v) is 5.65. The first-order valence-corrected chi connectivity index (χ1v) is 10.3. The number of hydrogen-bond acceptors (Lipinski definition) is 3. The van der Waals surface area contributed by atoms with Crippen LogP contribution in [-0.4, -0.2) is 22.9 Å². The molecule has 1 aromatic carbocycles. The molecule has 0 radical (unpaired) electrons. The number of benzene rings is 1. The number of methoxy groups -OCH3 is 1. The molecule has 0 amide bonds. The van der Waals surface area contributed by atoms with Crippen LogP contribution in [0.5, 0.6) is 0 Å². The number of esters is 1. The van der Waals surface area contributed by atoms with Gasteiger partial charge in [-0.15, -0.1) is 0 Å². The smallest absolute Gasteiger partial charge is 0.309 e. The standard InChI is InChI=1S/C24H25FN2O2/c1-24-13-15-14-26-27(18-9-7-17(25)8-10-18)22(15)12-16(24)6-11-19-20(23(28)29-2)4-3-5-21(19)24/h5,7-10,12,14,19-20H,3-4,6,11,13H2,1-2H3/t19-,20-,24+/m1/s1. The third-order valence-electron chi connectivity index (χ3n) is 7.11. The van der Waals surface area contributed by atoms with Gasteiger partial charge in [-0.3, -0.25) is 4.79 Å². The van der Waals surface area contributed by atoms with E-state index in [0.717, 1.165) is 43.5 Å². The van der Waals surface area contributed by atoms with Gasteiger partial charge in [0.15, 0.2) is 0 Å². The highest BCUT2D eigenvalue weighted by molar-refractivity contribution is 5.74. The third kappa shape index (κ3) is 2.78. The molecule has 0 saturated heterocycles. The average Bonchev–Trinajstić information content (AvgIpc) is 3.13. The van der Waals surface area contributed by atoms with Crippen LogP contribution in [0.2, 0.25) is 0 Å². The van der Waals surface area contributed by atoms with Crippen molar-refractivity contribution in [3.05, 3.63) is 64.8 Å². The Morgan fingerprint density at radius 3 is 2.83 bits per heavy atom. The Morgan fingerprint density at radius 1 is 1.28 bits per heavy atom. The molecule has 0 spiro atoms. The highest BCUT2D eigenvalue weighted by Gasteiger charge is 2.48. The number of fused-ring (bicyclic) bond motifs is 4. The maximum atomic E-state index is 13.3. The molecule has 1 aromatic heterocycles. The van der Waals surface area contributed by atoms with Crippen LogP contribution in [0.1, 0.15) is 43.9 Å². The van der Waals surface area contributed by atoms with Gasteiger partial charge in [0.25, 0.3) is 0 Å². The zero-order valence-electron chi connectivity index (χ0n) is 16.8. The molecule has 150 valence electrons. The molecule has 1 fully saturated rings. The maximum absolute atomic E-state index is 13.3. The Kier molecular flexibility index (Phi) is 4.23. The van der Waals surface area contributed by atoms with E-state index in [2.05, 4.69) is 24.2 Å². The minimum atomic E-state index is -0.247. The van der Waals surface area contributed by atoms with Gasteiger partial charge in [-0.05, 0) is 73.9 Å². The monoisotopic (exact) mass is 392 g/mol. The Labute approximate surface area is 170 Å². The van der Waals surface area contributed by atoms with Crippen LogP contribution in [-0.2, 0) is 16.0 Å². The minimum absolute atomic E-state index is 0.0262. The highest BCUT2D eigenvalue weighted by atomic mass is 19.1. The lowest BCUT2D eigenvalue weighted by molar-refractivity contribution is -0.147. The van der Waals surface area contributed by atoms with Crippen molar-refractivity contribution in [2.45, 2.75) is 39.0 Å². The Morgan fingerprint density at radius 2 is 2.07 bits per heavy atom. The van der Waals surface area contributed by atoms with Gasteiger partial charge < -0.3 is 4.74 Å². The van der Waals surface area contributed by atoms with Gasteiger partial charge in [0.1, 0.15) is 5.82 Å². The third-order valence-corrected chi connectivity index (χ3v) is 7.11. The van der Waals surface area contributed by atoms with Crippen molar-refractivity contribution in [1.82, 2.24) is 9.78 Å². The van der Waals surface area contributed by atoms with Crippen molar-refractivity contribution in [3.63, 3.8) is 0 Å². The quantitative estimate of drug-likeness (QED) is 0.541. The van der Waals surface area contributed by atoms with Crippen LogP contribution in [0.4, 0.5) is 4.39 Å². The van der Waals surface area contributed by atoms with E-state index in [0.29, 0.717) is 0 Å². The van der Waals surface area contributed by atoms with E-state index < -0.39 is 0 Å². The van der Waals surface area contributed by atoms with Crippen molar-refractivity contribution >= 4 is 12.0 Å². The minimum Gasteiger partial charge on any atom is -0.469 e.